The van der Waals surface area contributed by atoms with Gasteiger partial charge in [0.1, 0.15) is 0 Å². The molecule has 0 aliphatic heterocycles. The molecule has 1 N–H and O–H groups in total. The zero-order valence-electron chi connectivity index (χ0n) is 14.1. The Morgan fingerprint density at radius 3 is 2.28 bits per heavy atom. The first-order valence-electron chi connectivity index (χ1n) is 7.81. The lowest BCUT2D eigenvalue weighted by Crippen LogP contribution is -2.32. The highest BCUT2D eigenvalue weighted by atomic mass is 35.5. The Morgan fingerprint density at radius 1 is 1.04 bits per heavy atom. The zero-order chi connectivity index (χ0) is 18.4. The molecule has 0 spiro atoms. The van der Waals surface area contributed by atoms with Crippen molar-refractivity contribution < 1.29 is 14.4 Å². The SMILES string of the molecule is CC(=O)c1ccc(N(CCC(=O)Nc2cccc(Cl)c2)C(C)=O)cc1. The van der Waals surface area contributed by atoms with E-state index in [4.69, 9.17) is 11.6 Å². The highest BCUT2D eigenvalue weighted by molar-refractivity contribution is 6.30. The number of nitrogens with zero attached hydrogens (tertiary/aromatic N) is 1. The van der Waals surface area contributed by atoms with E-state index in [-0.39, 0.29) is 30.6 Å². The Bertz CT molecular complexity index is 788. The van der Waals surface area contributed by atoms with Crippen LogP contribution in [0.15, 0.2) is 48.5 Å². The van der Waals surface area contributed by atoms with Crippen molar-refractivity contribution in [3.05, 3.63) is 59.1 Å². The second kappa shape index (κ2) is 8.44. The molecular formula is C19H19ClN2O3. The van der Waals surface area contributed by atoms with Crippen molar-refractivity contribution in [2.24, 2.45) is 0 Å². The van der Waals surface area contributed by atoms with Gasteiger partial charge in [-0.05, 0) is 49.4 Å². The third-order valence-electron chi connectivity index (χ3n) is 3.64. The molecule has 25 heavy (non-hydrogen) atoms. The van der Waals surface area contributed by atoms with Gasteiger partial charge in [0.25, 0.3) is 0 Å². The average Bonchev–Trinajstić information content (AvgIpc) is 2.55. The van der Waals surface area contributed by atoms with Crippen LogP contribution in [0.5, 0.6) is 0 Å². The number of carbonyl (C=O) groups is 3. The monoisotopic (exact) mass is 358 g/mol. The van der Waals surface area contributed by atoms with Crippen LogP contribution in [0.3, 0.4) is 0 Å². The van der Waals surface area contributed by atoms with Gasteiger partial charge in [-0.1, -0.05) is 17.7 Å². The first kappa shape index (κ1) is 18.7. The molecule has 0 aromatic heterocycles. The van der Waals surface area contributed by atoms with Gasteiger partial charge < -0.3 is 10.2 Å². The van der Waals surface area contributed by atoms with Crippen LogP contribution in [0, 0.1) is 0 Å². The highest BCUT2D eigenvalue weighted by Crippen LogP contribution is 2.18. The van der Waals surface area contributed by atoms with Gasteiger partial charge in [-0.2, -0.15) is 0 Å². The Hall–Kier alpha value is -2.66. The fraction of sp³-hybridized carbons (Fsp3) is 0.211. The van der Waals surface area contributed by atoms with Crippen LogP contribution in [-0.4, -0.2) is 24.1 Å². The summed E-state index contributed by atoms with van der Waals surface area (Å²) in [6.45, 7) is 3.16. The van der Waals surface area contributed by atoms with Crippen molar-refractivity contribution in [3.63, 3.8) is 0 Å². The van der Waals surface area contributed by atoms with Gasteiger partial charge in [-0.25, -0.2) is 0 Å². The summed E-state index contributed by atoms with van der Waals surface area (Å²) >= 11 is 5.88. The molecule has 0 bridgehead atoms. The van der Waals surface area contributed by atoms with E-state index in [1.165, 1.54) is 18.7 Å². The minimum atomic E-state index is -0.214. The lowest BCUT2D eigenvalue weighted by molar-refractivity contribution is -0.117. The van der Waals surface area contributed by atoms with Gasteiger partial charge in [0.2, 0.25) is 11.8 Å². The molecule has 0 aliphatic rings. The van der Waals surface area contributed by atoms with Crippen molar-refractivity contribution >= 4 is 40.6 Å². The van der Waals surface area contributed by atoms with Gasteiger partial charge in [0.05, 0.1) is 0 Å². The van der Waals surface area contributed by atoms with Crippen LogP contribution in [0.1, 0.15) is 30.6 Å². The largest absolute Gasteiger partial charge is 0.326 e. The summed E-state index contributed by atoms with van der Waals surface area (Å²) < 4.78 is 0. The van der Waals surface area contributed by atoms with Crippen molar-refractivity contribution in [1.82, 2.24) is 0 Å². The lowest BCUT2D eigenvalue weighted by Gasteiger charge is -2.21. The van der Waals surface area contributed by atoms with Crippen LogP contribution < -0.4 is 10.2 Å². The number of halogens is 1. The molecule has 0 aliphatic carbocycles. The number of hydrogen-bond acceptors (Lipinski definition) is 3. The summed E-state index contributed by atoms with van der Waals surface area (Å²) in [5.41, 5.74) is 1.83. The summed E-state index contributed by atoms with van der Waals surface area (Å²) in [7, 11) is 0. The molecule has 2 rings (SSSR count). The van der Waals surface area contributed by atoms with E-state index in [9.17, 15) is 14.4 Å². The van der Waals surface area contributed by atoms with Crippen molar-refractivity contribution in [3.8, 4) is 0 Å². The molecular weight excluding hydrogens is 340 g/mol. The molecule has 0 unspecified atom stereocenters. The van der Waals surface area contributed by atoms with Crippen molar-refractivity contribution in [2.75, 3.05) is 16.8 Å². The number of anilines is 2. The van der Waals surface area contributed by atoms with Crippen LogP contribution >= 0.6 is 11.6 Å². The van der Waals surface area contributed by atoms with Gasteiger partial charge in [-0.15, -0.1) is 0 Å². The van der Waals surface area contributed by atoms with E-state index in [0.29, 0.717) is 22.0 Å². The molecule has 2 aromatic rings. The van der Waals surface area contributed by atoms with E-state index in [0.717, 1.165) is 0 Å². The normalized spacial score (nSPS) is 10.2. The quantitative estimate of drug-likeness (QED) is 0.796. The van der Waals surface area contributed by atoms with E-state index < -0.39 is 0 Å². The van der Waals surface area contributed by atoms with E-state index in [2.05, 4.69) is 5.32 Å². The van der Waals surface area contributed by atoms with Gasteiger partial charge in [0.15, 0.2) is 5.78 Å². The van der Waals surface area contributed by atoms with Crippen molar-refractivity contribution in [1.29, 1.82) is 0 Å². The molecule has 0 saturated heterocycles. The third kappa shape index (κ3) is 5.43. The summed E-state index contributed by atoms with van der Waals surface area (Å²) in [6.07, 6.45) is 0.139. The standard InChI is InChI=1S/C19H19ClN2O3/c1-13(23)15-6-8-18(9-7-15)22(14(2)24)11-10-19(25)21-17-5-3-4-16(20)12-17/h3-9,12H,10-11H2,1-2H3,(H,21,25). The molecule has 2 amide bonds. The number of carbonyl (C=O) groups excluding carboxylic acids is 3. The van der Waals surface area contributed by atoms with E-state index >= 15 is 0 Å². The molecule has 0 fully saturated rings. The number of ketones is 1. The number of hydrogen-bond donors (Lipinski definition) is 1. The summed E-state index contributed by atoms with van der Waals surface area (Å²) in [5.74, 6) is -0.429. The maximum absolute atomic E-state index is 12.1. The summed E-state index contributed by atoms with van der Waals surface area (Å²) in [6, 6.07) is 13.6. The molecule has 6 heteroatoms. The lowest BCUT2D eigenvalue weighted by atomic mass is 10.1. The smallest absolute Gasteiger partial charge is 0.226 e. The number of amides is 2. The molecule has 5 nitrogen and oxygen atoms in total. The average molecular weight is 359 g/mol. The molecule has 130 valence electrons. The Kier molecular flexibility index (Phi) is 6.31. The Balaban J connectivity index is 2.00. The second-order valence-corrected chi connectivity index (χ2v) is 6.02. The summed E-state index contributed by atoms with van der Waals surface area (Å²) in [5, 5.41) is 3.28. The first-order chi connectivity index (χ1) is 11.9. The van der Waals surface area contributed by atoms with E-state index in [1.807, 2.05) is 0 Å². The first-order valence-corrected chi connectivity index (χ1v) is 8.19. The maximum Gasteiger partial charge on any atom is 0.226 e. The molecule has 0 heterocycles. The topological polar surface area (TPSA) is 66.5 Å². The van der Waals surface area contributed by atoms with Gasteiger partial charge >= 0.3 is 0 Å². The molecule has 0 radical (unpaired) electrons. The number of benzene rings is 2. The minimum absolute atomic E-state index is 0.0400. The summed E-state index contributed by atoms with van der Waals surface area (Å²) in [4.78, 5) is 36.8. The second-order valence-electron chi connectivity index (χ2n) is 5.58. The molecule has 0 saturated carbocycles. The fourth-order valence-electron chi connectivity index (χ4n) is 2.35. The predicted octanol–water partition coefficient (Wildman–Crippen LogP) is 3.92. The van der Waals surface area contributed by atoms with E-state index in [1.54, 1.807) is 48.5 Å². The minimum Gasteiger partial charge on any atom is -0.326 e. The number of Topliss-reactive ketones (excluding diaryl/α,β-unsaturated/α-hetero) is 1. The highest BCUT2D eigenvalue weighted by Gasteiger charge is 2.14. The Labute approximate surface area is 151 Å². The third-order valence-corrected chi connectivity index (χ3v) is 3.87. The van der Waals surface area contributed by atoms with Gasteiger partial charge in [0, 0.05) is 41.9 Å². The van der Waals surface area contributed by atoms with Crippen LogP contribution in [0.25, 0.3) is 0 Å². The van der Waals surface area contributed by atoms with Crippen LogP contribution in [0.2, 0.25) is 5.02 Å². The predicted molar refractivity (Wildman–Crippen MR) is 99.2 cm³/mol. The molecule has 0 atom stereocenters. The maximum atomic E-state index is 12.1. The van der Waals surface area contributed by atoms with Crippen LogP contribution in [0.4, 0.5) is 11.4 Å². The van der Waals surface area contributed by atoms with Crippen molar-refractivity contribution in [2.45, 2.75) is 20.3 Å². The fourth-order valence-corrected chi connectivity index (χ4v) is 2.54. The van der Waals surface area contributed by atoms with Gasteiger partial charge in [-0.3, -0.25) is 14.4 Å². The van der Waals surface area contributed by atoms with Crippen LogP contribution in [-0.2, 0) is 9.59 Å². The molecule has 2 aromatic carbocycles. The zero-order valence-corrected chi connectivity index (χ0v) is 14.8. The number of rotatable bonds is 6. The Morgan fingerprint density at radius 2 is 1.72 bits per heavy atom. The number of nitrogens with one attached hydrogen (secondary N) is 1.